The number of halogens is 1. The Morgan fingerprint density at radius 3 is 2.40 bits per heavy atom. The molecular formula is C49H65ClN4O8S. The van der Waals surface area contributed by atoms with Gasteiger partial charge in [0.1, 0.15) is 35.3 Å². The van der Waals surface area contributed by atoms with Gasteiger partial charge in [-0.1, -0.05) is 66.0 Å². The van der Waals surface area contributed by atoms with Gasteiger partial charge in [0.15, 0.2) is 5.78 Å². The number of carboxylic acids is 1. The molecule has 3 aliphatic carbocycles. The summed E-state index contributed by atoms with van der Waals surface area (Å²) in [5.74, 6) is -0.201. The summed E-state index contributed by atoms with van der Waals surface area (Å²) in [6.45, 7) is 15.5. The maximum atomic E-state index is 14.9. The number of aliphatic carboxylic acids is 1. The average Bonchev–Trinajstić information content (AvgIpc) is 3.91. The Balaban J connectivity index is 1.09. The number of amides is 1. The predicted molar refractivity (Wildman–Crippen MR) is 243 cm³/mol. The summed E-state index contributed by atoms with van der Waals surface area (Å²) in [6, 6.07) is 4.63. The van der Waals surface area contributed by atoms with Crippen molar-refractivity contribution in [1.82, 2.24) is 19.8 Å². The molecule has 5 fully saturated rings. The minimum Gasteiger partial charge on any atom is -0.491 e. The Bertz CT molecular complexity index is 2190. The van der Waals surface area contributed by atoms with E-state index in [1.54, 1.807) is 16.2 Å². The zero-order valence-electron chi connectivity index (χ0n) is 37.8. The molecule has 1 aromatic carbocycles. The number of ether oxygens (including phenoxy) is 3. The first kappa shape index (κ1) is 45.7. The van der Waals surface area contributed by atoms with Crippen LogP contribution >= 0.6 is 22.9 Å². The van der Waals surface area contributed by atoms with Gasteiger partial charge in [0.25, 0.3) is 0 Å². The minimum atomic E-state index is -1.14. The van der Waals surface area contributed by atoms with Crippen LogP contribution in [0.3, 0.4) is 0 Å². The number of aromatic nitrogens is 2. The van der Waals surface area contributed by atoms with Crippen LogP contribution in [-0.2, 0) is 30.3 Å². The molecule has 3 saturated carbocycles. The molecule has 4 heterocycles. The maximum absolute atomic E-state index is 14.9. The number of hydrogen-bond donors (Lipinski definition) is 1. The Hall–Kier alpha value is -3.81. The highest BCUT2D eigenvalue weighted by molar-refractivity contribution is 7.09. The molecule has 1 unspecified atom stereocenters. The second kappa shape index (κ2) is 18.6. The molecule has 2 saturated heterocycles. The molecule has 14 heteroatoms. The molecule has 3 aromatic rings. The van der Waals surface area contributed by atoms with Crippen molar-refractivity contribution in [3.8, 4) is 22.9 Å². The summed E-state index contributed by atoms with van der Waals surface area (Å²) < 4.78 is 19.1. The number of piperidine rings is 1. The number of nitrogens with zero attached hydrogens (tertiary/aromatic N) is 4. The van der Waals surface area contributed by atoms with Gasteiger partial charge in [-0.3, -0.25) is 24.1 Å². The lowest BCUT2D eigenvalue weighted by molar-refractivity contribution is -0.157. The number of pyridine rings is 1. The lowest BCUT2D eigenvalue weighted by Gasteiger charge is -2.35. The van der Waals surface area contributed by atoms with Gasteiger partial charge in [-0.15, -0.1) is 11.3 Å². The molecule has 1 amide bonds. The number of rotatable bonds is 18. The van der Waals surface area contributed by atoms with E-state index in [0.717, 1.165) is 43.9 Å². The van der Waals surface area contributed by atoms with Crippen molar-refractivity contribution in [2.75, 3.05) is 32.8 Å². The molecule has 0 radical (unpaired) electrons. The van der Waals surface area contributed by atoms with Gasteiger partial charge in [0.2, 0.25) is 5.91 Å². The van der Waals surface area contributed by atoms with E-state index in [1.807, 2.05) is 51.3 Å². The third kappa shape index (κ3) is 10.2. The largest absolute Gasteiger partial charge is 0.491 e. The quantitative estimate of drug-likeness (QED) is 0.122. The van der Waals surface area contributed by atoms with Gasteiger partial charge in [-0.05, 0) is 92.8 Å². The van der Waals surface area contributed by atoms with Crippen LogP contribution in [0, 0.1) is 40.4 Å². The van der Waals surface area contributed by atoms with Crippen LogP contribution in [0.5, 0.6) is 11.5 Å². The van der Waals surface area contributed by atoms with Gasteiger partial charge >= 0.3 is 11.9 Å². The van der Waals surface area contributed by atoms with E-state index < -0.39 is 40.8 Å². The second-order valence-corrected chi connectivity index (χ2v) is 21.9. The fourth-order valence-corrected chi connectivity index (χ4v) is 11.8. The third-order valence-electron chi connectivity index (χ3n) is 14.4. The molecular weight excluding hydrogens is 840 g/mol. The molecule has 5 aliphatic rings. The number of hydrogen-bond acceptors (Lipinski definition) is 11. The van der Waals surface area contributed by atoms with Crippen molar-refractivity contribution in [3.63, 3.8) is 0 Å². The molecule has 2 aromatic heterocycles. The van der Waals surface area contributed by atoms with E-state index in [0.29, 0.717) is 76.0 Å². The number of thiazole rings is 1. The van der Waals surface area contributed by atoms with Crippen molar-refractivity contribution in [3.05, 3.63) is 33.6 Å². The number of carboxylic acid groups (broad SMARTS) is 1. The molecule has 63 heavy (non-hydrogen) atoms. The van der Waals surface area contributed by atoms with Crippen LogP contribution < -0.4 is 9.47 Å². The third-order valence-corrected chi connectivity index (χ3v) is 15.7. The highest BCUT2D eigenvalue weighted by Crippen LogP contribution is 2.58. The highest BCUT2D eigenvalue weighted by atomic mass is 35.5. The topological polar surface area (TPSA) is 148 Å². The van der Waals surface area contributed by atoms with Crippen molar-refractivity contribution < 1.29 is 38.5 Å². The fraction of sp³-hybridized carbons (Fsp3) is 0.673. The van der Waals surface area contributed by atoms with Crippen molar-refractivity contribution in [2.24, 2.45) is 40.4 Å². The molecule has 8 rings (SSSR count). The summed E-state index contributed by atoms with van der Waals surface area (Å²) >= 11 is 8.73. The molecule has 1 N–H and O–H groups in total. The van der Waals surface area contributed by atoms with Crippen LogP contribution in [0.15, 0.2) is 23.6 Å². The number of carbonyl (C=O) groups is 4. The molecule has 2 aliphatic heterocycles. The van der Waals surface area contributed by atoms with Gasteiger partial charge in [-0.25, -0.2) is 9.97 Å². The van der Waals surface area contributed by atoms with E-state index in [-0.39, 0.29) is 49.5 Å². The van der Waals surface area contributed by atoms with E-state index in [4.69, 9.17) is 35.8 Å². The summed E-state index contributed by atoms with van der Waals surface area (Å²) in [6.07, 6.45) is 7.62. The number of benzene rings is 1. The smallest absolute Gasteiger partial charge is 0.310 e. The normalized spacial score (nSPS) is 27.3. The lowest BCUT2D eigenvalue weighted by atomic mass is 9.77. The number of Topliss-reactive ketones (excluding diaryl/α,β-unsaturated/α-hetero) is 1. The standard InChI is InChI=1S/C49H65ClN4O8S/c1-7-31-24-49(31,47(58)59)25-39(55)38-21-33(26-54(38)46(57)35(48(4,5)6)22-43(56)62-32-19-29-18-30(29)20-32)61-41-23-36(37-27-63-42(51-37)17-28(2)3)52-45-34(41)11-12-40(44(45)50)60-16-15-53-13-9-8-10-14-53/h11-12,23,27-33,35,38H,7-10,13-22,24-26H2,1-6H3,(H,58,59)/t29-,30+,31-,32?,33-,35-,38+,49-/m1/s1. The summed E-state index contributed by atoms with van der Waals surface area (Å²) in [4.78, 5) is 69.4. The lowest BCUT2D eigenvalue weighted by Crippen LogP contribution is -2.48. The highest BCUT2D eigenvalue weighted by Gasteiger charge is 2.61. The SMILES string of the molecule is CC[C@@H]1C[C@]1(CC(=O)[C@@H]1C[C@@H](Oc2cc(-c3csc(CC(C)C)n3)nc3c(Cl)c(OCCN4CCCCC4)ccc23)CN1C(=O)[C@@H](CC(=O)OC1C[C@@H]2C[C@@H]2C1)C(C)(C)C)C(=O)O. The maximum Gasteiger partial charge on any atom is 0.310 e. The summed E-state index contributed by atoms with van der Waals surface area (Å²) in [7, 11) is 0. The van der Waals surface area contributed by atoms with Gasteiger partial charge in [0.05, 0.1) is 52.3 Å². The van der Waals surface area contributed by atoms with Crippen LogP contribution in [0.2, 0.25) is 5.02 Å². The first-order chi connectivity index (χ1) is 30.0. The van der Waals surface area contributed by atoms with Crippen LogP contribution in [0.4, 0.5) is 0 Å². The van der Waals surface area contributed by atoms with Gasteiger partial charge in [0, 0.05) is 42.6 Å². The van der Waals surface area contributed by atoms with Crippen molar-refractivity contribution >= 4 is 57.5 Å². The predicted octanol–water partition coefficient (Wildman–Crippen LogP) is 9.28. The molecule has 342 valence electrons. The summed E-state index contributed by atoms with van der Waals surface area (Å²) in [5, 5.41) is 14.3. The zero-order valence-corrected chi connectivity index (χ0v) is 39.4. The van der Waals surface area contributed by atoms with E-state index in [1.165, 1.54) is 25.7 Å². The first-order valence-electron chi connectivity index (χ1n) is 23.4. The Morgan fingerprint density at radius 1 is 0.984 bits per heavy atom. The second-order valence-electron chi connectivity index (χ2n) is 20.6. The number of fused-ring (bicyclic) bond motifs is 2. The molecule has 8 atom stereocenters. The minimum absolute atomic E-state index is 0.0694. The van der Waals surface area contributed by atoms with Crippen molar-refractivity contribution in [2.45, 2.75) is 137 Å². The number of esters is 1. The monoisotopic (exact) mass is 904 g/mol. The van der Waals surface area contributed by atoms with Gasteiger partial charge < -0.3 is 24.2 Å². The first-order valence-corrected chi connectivity index (χ1v) is 24.6. The Kier molecular flexibility index (Phi) is 13.5. The fourth-order valence-electron chi connectivity index (χ4n) is 10.5. The van der Waals surface area contributed by atoms with Crippen LogP contribution in [-0.4, -0.2) is 99.5 Å². The molecule has 0 bridgehead atoms. The molecule has 0 spiro atoms. The van der Waals surface area contributed by atoms with Crippen LogP contribution in [0.25, 0.3) is 22.3 Å². The van der Waals surface area contributed by atoms with E-state index >= 15 is 0 Å². The van der Waals surface area contributed by atoms with Crippen LogP contribution in [0.1, 0.15) is 117 Å². The van der Waals surface area contributed by atoms with Gasteiger partial charge in [-0.2, -0.15) is 0 Å². The Labute approximate surface area is 380 Å². The van der Waals surface area contributed by atoms with E-state index in [2.05, 4.69) is 18.7 Å². The average molecular weight is 906 g/mol. The summed E-state index contributed by atoms with van der Waals surface area (Å²) in [5.41, 5.74) is -0.0327. The van der Waals surface area contributed by atoms with E-state index in [9.17, 15) is 24.3 Å². The molecule has 12 nitrogen and oxygen atoms in total. The number of ketones is 1. The number of likely N-dealkylation sites (tertiary alicyclic amines) is 2. The van der Waals surface area contributed by atoms with Crippen molar-refractivity contribution in [1.29, 1.82) is 0 Å². The zero-order chi connectivity index (χ0) is 44.8. The Morgan fingerprint density at radius 2 is 1.73 bits per heavy atom. The number of carbonyl (C=O) groups excluding carboxylic acids is 3.